The van der Waals surface area contributed by atoms with Crippen LogP contribution in [0.15, 0.2) is 24.3 Å². The van der Waals surface area contributed by atoms with Gasteiger partial charge in [-0.2, -0.15) is 0 Å². The van der Waals surface area contributed by atoms with Gasteiger partial charge in [-0.05, 0) is 38.5 Å². The molecule has 9 unspecified atom stereocenters. The van der Waals surface area contributed by atoms with Crippen molar-refractivity contribution in [2.45, 2.75) is 313 Å². The number of unbranched alkanes of at least 4 members (excludes halogenated alkanes) is 33. The molecule has 1 fully saturated rings. The molecule has 1 saturated heterocycles. The molecule has 0 aromatic carbocycles. The standard InChI is InChI=1S/C56H107NO10/c1-3-5-7-9-11-13-15-17-19-21-23-24-25-26-28-29-31-33-35-37-39-41-43-48(59)51(61)47(46-66-56-54(64)53(63)52(62)50(45-58)67-56)57-55(65)49(60)44-42-40-38-36-34-32-30-27-22-20-18-16-14-12-10-8-6-4-2/h12,14,16,18,47-54,56,58-64H,3-11,13,15,17,19-46H2,1-2H3,(H,57,65)/b14-12-,18-16-. The second-order valence-electron chi connectivity index (χ2n) is 20.0. The quantitative estimate of drug-likeness (QED) is 0.0215. The van der Waals surface area contributed by atoms with Crippen LogP contribution in [-0.4, -0.2) is 110 Å². The van der Waals surface area contributed by atoms with Gasteiger partial charge in [0.05, 0.1) is 25.4 Å². The summed E-state index contributed by atoms with van der Waals surface area (Å²) in [6.07, 6.45) is 42.2. The average Bonchev–Trinajstić information content (AvgIpc) is 3.33. The van der Waals surface area contributed by atoms with Crippen molar-refractivity contribution in [2.24, 2.45) is 0 Å². The number of aliphatic hydroxyl groups excluding tert-OH is 7. The number of hydrogen-bond acceptors (Lipinski definition) is 10. The second kappa shape index (κ2) is 45.7. The van der Waals surface area contributed by atoms with Gasteiger partial charge >= 0.3 is 0 Å². The van der Waals surface area contributed by atoms with Gasteiger partial charge in [-0.3, -0.25) is 4.79 Å². The molecule has 11 nitrogen and oxygen atoms in total. The SMILES string of the molecule is CCCCC/C=C\C=C/CCCCCCCCCCCC(O)C(=O)NC(COC1OC(CO)C(O)C(O)C1O)C(O)C(O)CCCCCCCCCCCCCCCCCCCCCCCC. The fraction of sp³-hybridized carbons (Fsp3) is 0.911. The highest BCUT2D eigenvalue weighted by Crippen LogP contribution is 2.23. The summed E-state index contributed by atoms with van der Waals surface area (Å²) in [6, 6.07) is -1.17. The lowest BCUT2D eigenvalue weighted by atomic mass is 9.98. The zero-order valence-electron chi connectivity index (χ0n) is 43.1. The summed E-state index contributed by atoms with van der Waals surface area (Å²) in [5.41, 5.74) is 0. The van der Waals surface area contributed by atoms with Gasteiger partial charge < -0.3 is 50.5 Å². The molecular weight excluding hydrogens is 847 g/mol. The van der Waals surface area contributed by atoms with Crippen LogP contribution in [0.1, 0.15) is 258 Å². The van der Waals surface area contributed by atoms with E-state index in [-0.39, 0.29) is 6.42 Å². The molecule has 8 N–H and O–H groups in total. The molecule has 9 atom stereocenters. The van der Waals surface area contributed by atoms with E-state index in [2.05, 4.69) is 43.5 Å². The monoisotopic (exact) mass is 954 g/mol. The summed E-state index contributed by atoms with van der Waals surface area (Å²) in [7, 11) is 0. The fourth-order valence-electron chi connectivity index (χ4n) is 9.14. The van der Waals surface area contributed by atoms with Gasteiger partial charge in [0.15, 0.2) is 6.29 Å². The zero-order chi connectivity index (χ0) is 49.0. The number of carbonyl (C=O) groups is 1. The molecule has 396 valence electrons. The largest absolute Gasteiger partial charge is 0.394 e. The number of nitrogens with one attached hydrogen (secondary N) is 1. The lowest BCUT2D eigenvalue weighted by molar-refractivity contribution is -0.303. The summed E-state index contributed by atoms with van der Waals surface area (Å²) in [5.74, 6) is -0.698. The van der Waals surface area contributed by atoms with E-state index in [4.69, 9.17) is 9.47 Å². The van der Waals surface area contributed by atoms with Gasteiger partial charge in [-0.15, -0.1) is 0 Å². The predicted octanol–water partition coefficient (Wildman–Crippen LogP) is 11.3. The van der Waals surface area contributed by atoms with E-state index >= 15 is 0 Å². The van der Waals surface area contributed by atoms with E-state index in [1.807, 2.05) is 0 Å². The van der Waals surface area contributed by atoms with E-state index in [9.17, 15) is 40.5 Å². The Morgan fingerprint density at radius 1 is 0.522 bits per heavy atom. The van der Waals surface area contributed by atoms with Crippen LogP contribution in [0.4, 0.5) is 0 Å². The number of amides is 1. The summed E-state index contributed by atoms with van der Waals surface area (Å²) < 4.78 is 11.1. The maximum Gasteiger partial charge on any atom is 0.249 e. The van der Waals surface area contributed by atoms with Gasteiger partial charge in [-0.25, -0.2) is 0 Å². The van der Waals surface area contributed by atoms with E-state index in [1.165, 1.54) is 173 Å². The van der Waals surface area contributed by atoms with Gasteiger partial charge in [0, 0.05) is 0 Å². The lowest BCUT2D eigenvalue weighted by Gasteiger charge is -2.40. The summed E-state index contributed by atoms with van der Waals surface area (Å²) >= 11 is 0. The van der Waals surface area contributed by atoms with Gasteiger partial charge in [0.25, 0.3) is 0 Å². The molecule has 1 heterocycles. The Bertz CT molecular complexity index is 1140. The van der Waals surface area contributed by atoms with E-state index in [1.54, 1.807) is 0 Å². The van der Waals surface area contributed by atoms with Crippen LogP contribution >= 0.6 is 0 Å². The van der Waals surface area contributed by atoms with Crippen molar-refractivity contribution in [3.05, 3.63) is 24.3 Å². The molecule has 0 aromatic heterocycles. The summed E-state index contributed by atoms with van der Waals surface area (Å²) in [4.78, 5) is 13.2. The molecule has 0 saturated carbocycles. The highest BCUT2D eigenvalue weighted by Gasteiger charge is 2.44. The Balaban J connectivity index is 2.33. The highest BCUT2D eigenvalue weighted by atomic mass is 16.7. The van der Waals surface area contributed by atoms with Crippen LogP contribution in [0.25, 0.3) is 0 Å². The van der Waals surface area contributed by atoms with Crippen LogP contribution < -0.4 is 5.32 Å². The smallest absolute Gasteiger partial charge is 0.249 e. The van der Waals surface area contributed by atoms with Crippen LogP contribution in [0.2, 0.25) is 0 Å². The van der Waals surface area contributed by atoms with Crippen molar-refractivity contribution in [3.63, 3.8) is 0 Å². The third-order valence-corrected chi connectivity index (χ3v) is 13.8. The number of carbonyl (C=O) groups excluding carboxylic acids is 1. The van der Waals surface area contributed by atoms with Gasteiger partial charge in [0.2, 0.25) is 5.91 Å². The maximum atomic E-state index is 13.2. The third-order valence-electron chi connectivity index (χ3n) is 13.8. The predicted molar refractivity (Wildman–Crippen MR) is 275 cm³/mol. The average molecular weight is 954 g/mol. The number of rotatable bonds is 48. The topological polar surface area (TPSA) is 189 Å². The summed E-state index contributed by atoms with van der Waals surface area (Å²) in [6.45, 7) is 3.45. The minimum atomic E-state index is -1.66. The maximum absolute atomic E-state index is 13.2. The molecule has 67 heavy (non-hydrogen) atoms. The normalized spacial score (nSPS) is 20.8. The van der Waals surface area contributed by atoms with Crippen molar-refractivity contribution < 1.29 is 50.0 Å². The number of allylic oxidation sites excluding steroid dienone is 4. The fourth-order valence-corrected chi connectivity index (χ4v) is 9.14. The van der Waals surface area contributed by atoms with E-state index < -0.39 is 74.2 Å². The molecule has 1 amide bonds. The van der Waals surface area contributed by atoms with Crippen LogP contribution in [-0.2, 0) is 14.3 Å². The lowest BCUT2D eigenvalue weighted by Crippen LogP contribution is -2.60. The number of aliphatic hydroxyl groups is 7. The third kappa shape index (κ3) is 34.5. The van der Waals surface area contributed by atoms with Crippen LogP contribution in [0, 0.1) is 0 Å². The molecule has 11 heteroatoms. The molecule has 0 bridgehead atoms. The first-order valence-electron chi connectivity index (χ1n) is 28.3. The molecule has 1 rings (SSSR count). The van der Waals surface area contributed by atoms with E-state index in [0.717, 1.165) is 44.9 Å². The molecule has 1 aliphatic rings. The number of ether oxygens (including phenoxy) is 2. The van der Waals surface area contributed by atoms with Crippen molar-refractivity contribution in [3.8, 4) is 0 Å². The zero-order valence-corrected chi connectivity index (χ0v) is 43.1. The van der Waals surface area contributed by atoms with Crippen molar-refractivity contribution in [2.75, 3.05) is 13.2 Å². The van der Waals surface area contributed by atoms with Crippen molar-refractivity contribution in [1.29, 1.82) is 0 Å². The van der Waals surface area contributed by atoms with Crippen molar-refractivity contribution >= 4 is 5.91 Å². The molecule has 0 aliphatic carbocycles. The first-order chi connectivity index (χ1) is 32.7. The molecule has 0 aromatic rings. The van der Waals surface area contributed by atoms with Crippen molar-refractivity contribution in [1.82, 2.24) is 5.32 Å². The Kier molecular flexibility index (Phi) is 43.4. The Morgan fingerprint density at radius 3 is 1.33 bits per heavy atom. The molecule has 0 spiro atoms. The Morgan fingerprint density at radius 2 is 0.896 bits per heavy atom. The van der Waals surface area contributed by atoms with E-state index in [0.29, 0.717) is 19.3 Å². The minimum Gasteiger partial charge on any atom is -0.394 e. The van der Waals surface area contributed by atoms with Gasteiger partial charge in [0.1, 0.15) is 36.6 Å². The van der Waals surface area contributed by atoms with Crippen LogP contribution in [0.3, 0.4) is 0 Å². The Labute approximate surface area is 410 Å². The molecule has 1 aliphatic heterocycles. The second-order valence-corrected chi connectivity index (χ2v) is 20.0. The molecule has 0 radical (unpaired) electrons. The minimum absolute atomic E-state index is 0.256. The number of hydrogen-bond donors (Lipinski definition) is 8. The summed E-state index contributed by atoms with van der Waals surface area (Å²) in [5, 5.41) is 76.1. The van der Waals surface area contributed by atoms with Crippen LogP contribution in [0.5, 0.6) is 0 Å². The highest BCUT2D eigenvalue weighted by molar-refractivity contribution is 5.80. The Hall–Kier alpha value is -1.41. The molecular formula is C56H107NO10. The first kappa shape index (κ1) is 63.6. The first-order valence-corrected chi connectivity index (χ1v) is 28.3. The van der Waals surface area contributed by atoms with Gasteiger partial charge in [-0.1, -0.05) is 244 Å².